The van der Waals surface area contributed by atoms with E-state index in [1.54, 1.807) is 18.3 Å². The Bertz CT molecular complexity index is 891. The van der Waals surface area contributed by atoms with Crippen LogP contribution in [-0.2, 0) is 7.05 Å². The Hall–Kier alpha value is -2.48. The third-order valence-corrected chi connectivity index (χ3v) is 4.65. The minimum absolute atomic E-state index is 0.0540. The smallest absolute Gasteiger partial charge is 0.278 e. The van der Waals surface area contributed by atoms with Gasteiger partial charge in [-0.1, -0.05) is 13.8 Å². The fraction of sp³-hybridized carbons (Fsp3) is 0.267. The monoisotopic (exact) mass is 329 g/mol. The Morgan fingerprint density at radius 1 is 1.22 bits per heavy atom. The molecule has 23 heavy (non-hydrogen) atoms. The Morgan fingerprint density at radius 3 is 2.65 bits per heavy atom. The molecule has 1 aromatic carbocycles. The van der Waals surface area contributed by atoms with Crippen molar-refractivity contribution < 1.29 is 4.92 Å². The molecule has 0 saturated heterocycles. The summed E-state index contributed by atoms with van der Waals surface area (Å²) in [6, 6.07) is 5.03. The summed E-state index contributed by atoms with van der Waals surface area (Å²) in [5.74, 6) is 1.18. The molecule has 0 aliphatic rings. The van der Waals surface area contributed by atoms with Crippen molar-refractivity contribution in [2.24, 2.45) is 7.05 Å². The van der Waals surface area contributed by atoms with Crippen LogP contribution in [0.4, 0.5) is 5.69 Å². The summed E-state index contributed by atoms with van der Waals surface area (Å²) in [5.41, 5.74) is 0.0540. The minimum Gasteiger partial charge on any atom is -0.309 e. The van der Waals surface area contributed by atoms with E-state index in [2.05, 4.69) is 29.0 Å². The summed E-state index contributed by atoms with van der Waals surface area (Å²) in [4.78, 5) is 15.7. The Labute approximate surface area is 136 Å². The lowest BCUT2D eigenvalue weighted by molar-refractivity contribution is -0.383. The molecule has 0 unspecified atom stereocenters. The van der Waals surface area contributed by atoms with Gasteiger partial charge in [0, 0.05) is 41.7 Å². The van der Waals surface area contributed by atoms with E-state index in [-0.39, 0.29) is 11.6 Å². The van der Waals surface area contributed by atoms with Crippen LogP contribution in [0, 0.1) is 10.1 Å². The highest BCUT2D eigenvalue weighted by Crippen LogP contribution is 2.36. The van der Waals surface area contributed by atoms with E-state index in [0.29, 0.717) is 5.39 Å². The van der Waals surface area contributed by atoms with Crippen LogP contribution >= 0.6 is 11.8 Å². The van der Waals surface area contributed by atoms with Gasteiger partial charge >= 0.3 is 0 Å². The molecular weight excluding hydrogens is 314 g/mol. The van der Waals surface area contributed by atoms with Crippen molar-refractivity contribution >= 4 is 28.2 Å². The van der Waals surface area contributed by atoms with Crippen molar-refractivity contribution in [3.8, 4) is 0 Å². The van der Waals surface area contributed by atoms with Gasteiger partial charge in [0.05, 0.1) is 10.3 Å². The lowest BCUT2D eigenvalue weighted by Crippen LogP contribution is -2.00. The number of nitrogens with zero attached hydrogens (tertiary/aromatic N) is 5. The fourth-order valence-electron chi connectivity index (χ4n) is 2.41. The van der Waals surface area contributed by atoms with Crippen LogP contribution in [0.25, 0.3) is 10.8 Å². The zero-order valence-corrected chi connectivity index (χ0v) is 13.7. The van der Waals surface area contributed by atoms with E-state index < -0.39 is 4.92 Å². The van der Waals surface area contributed by atoms with E-state index in [1.165, 1.54) is 24.0 Å². The third-order valence-electron chi connectivity index (χ3n) is 3.54. The van der Waals surface area contributed by atoms with Gasteiger partial charge in [-0.05, 0) is 23.9 Å². The molecule has 0 N–H and O–H groups in total. The molecule has 0 atom stereocenters. The number of fused-ring (bicyclic) bond motifs is 1. The number of nitro benzene ring substituents is 1. The third kappa shape index (κ3) is 2.77. The second kappa shape index (κ2) is 5.96. The van der Waals surface area contributed by atoms with Gasteiger partial charge in [0.15, 0.2) is 5.16 Å². The Kier molecular flexibility index (Phi) is 3.99. The van der Waals surface area contributed by atoms with E-state index in [1.807, 2.05) is 11.6 Å². The molecular formula is C15H15N5O2S. The van der Waals surface area contributed by atoms with E-state index >= 15 is 0 Å². The first-order valence-corrected chi connectivity index (χ1v) is 7.89. The first-order chi connectivity index (χ1) is 11.0. The summed E-state index contributed by atoms with van der Waals surface area (Å²) in [7, 11) is 1.92. The molecule has 3 aromatic rings. The molecule has 7 nitrogen and oxygen atoms in total. The minimum atomic E-state index is -0.391. The van der Waals surface area contributed by atoms with Gasteiger partial charge in [-0.15, -0.1) is 10.2 Å². The van der Waals surface area contributed by atoms with Gasteiger partial charge in [-0.25, -0.2) is 0 Å². The molecule has 0 aliphatic heterocycles. The number of benzene rings is 1. The van der Waals surface area contributed by atoms with Crippen molar-refractivity contribution in [2.45, 2.75) is 29.8 Å². The molecule has 8 heteroatoms. The largest absolute Gasteiger partial charge is 0.309 e. The number of hydrogen-bond donors (Lipinski definition) is 0. The lowest BCUT2D eigenvalue weighted by atomic mass is 10.1. The van der Waals surface area contributed by atoms with Gasteiger partial charge in [0.1, 0.15) is 5.82 Å². The number of non-ortho nitro benzene ring substituents is 1. The molecule has 0 fully saturated rings. The van der Waals surface area contributed by atoms with Crippen LogP contribution in [-0.4, -0.2) is 24.7 Å². The molecule has 0 radical (unpaired) electrons. The quantitative estimate of drug-likeness (QED) is 0.537. The summed E-state index contributed by atoms with van der Waals surface area (Å²) in [6.45, 7) is 4.12. The summed E-state index contributed by atoms with van der Waals surface area (Å²) in [5, 5.41) is 21.7. The Balaban J connectivity index is 2.08. The van der Waals surface area contributed by atoms with Crippen molar-refractivity contribution in [3.63, 3.8) is 0 Å². The number of pyridine rings is 1. The maximum atomic E-state index is 11.2. The molecule has 0 aliphatic carbocycles. The van der Waals surface area contributed by atoms with Gasteiger partial charge in [-0.3, -0.25) is 15.1 Å². The molecule has 2 heterocycles. The highest BCUT2D eigenvalue weighted by molar-refractivity contribution is 7.99. The number of nitro groups is 1. The van der Waals surface area contributed by atoms with Gasteiger partial charge < -0.3 is 4.57 Å². The maximum Gasteiger partial charge on any atom is 0.278 e. The number of aromatic nitrogens is 4. The Morgan fingerprint density at radius 2 is 2.00 bits per heavy atom. The highest BCUT2D eigenvalue weighted by Gasteiger charge is 2.18. The lowest BCUT2D eigenvalue weighted by Gasteiger charge is -2.08. The van der Waals surface area contributed by atoms with Gasteiger partial charge in [0.2, 0.25) is 0 Å². The standard InChI is InChI=1S/C15H15N5O2S/c1-9(2)14-17-18-15(19(14)3)23-13-5-4-12(20(21)22)11-8-16-7-6-10(11)13/h4-9H,1-3H3. The summed E-state index contributed by atoms with van der Waals surface area (Å²) < 4.78 is 1.95. The molecule has 2 aromatic heterocycles. The van der Waals surface area contributed by atoms with Gasteiger partial charge in [-0.2, -0.15) is 0 Å². The first-order valence-electron chi connectivity index (χ1n) is 7.07. The predicted octanol–water partition coefficient (Wildman–Crippen LogP) is 3.55. The van der Waals surface area contributed by atoms with E-state index in [9.17, 15) is 10.1 Å². The van der Waals surface area contributed by atoms with Crippen molar-refractivity contribution in [3.05, 3.63) is 46.5 Å². The van der Waals surface area contributed by atoms with Crippen LogP contribution in [0.15, 0.2) is 40.6 Å². The number of rotatable bonds is 4. The molecule has 118 valence electrons. The molecule has 0 spiro atoms. The first kappa shape index (κ1) is 15.4. The topological polar surface area (TPSA) is 86.7 Å². The van der Waals surface area contributed by atoms with Crippen molar-refractivity contribution in [2.75, 3.05) is 0 Å². The van der Waals surface area contributed by atoms with Crippen LogP contribution in [0.1, 0.15) is 25.6 Å². The second-order valence-electron chi connectivity index (χ2n) is 5.42. The molecule has 0 bridgehead atoms. The number of hydrogen-bond acceptors (Lipinski definition) is 6. The van der Waals surface area contributed by atoms with Crippen molar-refractivity contribution in [1.82, 2.24) is 19.7 Å². The zero-order valence-electron chi connectivity index (χ0n) is 12.9. The molecule has 3 rings (SSSR count). The van der Waals surface area contributed by atoms with E-state index in [4.69, 9.17) is 0 Å². The van der Waals surface area contributed by atoms with Crippen LogP contribution in [0.5, 0.6) is 0 Å². The van der Waals surface area contributed by atoms with Gasteiger partial charge in [0.25, 0.3) is 5.69 Å². The van der Waals surface area contributed by atoms with Crippen LogP contribution < -0.4 is 0 Å². The summed E-state index contributed by atoms with van der Waals surface area (Å²) >= 11 is 1.44. The predicted molar refractivity (Wildman–Crippen MR) is 87.6 cm³/mol. The average molecular weight is 329 g/mol. The van der Waals surface area contributed by atoms with Crippen molar-refractivity contribution in [1.29, 1.82) is 0 Å². The van der Waals surface area contributed by atoms with Crippen LogP contribution in [0.2, 0.25) is 0 Å². The SMILES string of the molecule is CC(C)c1nnc(Sc2ccc([N+](=O)[O-])c3cnccc23)n1C. The highest BCUT2D eigenvalue weighted by atomic mass is 32.2. The summed E-state index contributed by atoms with van der Waals surface area (Å²) in [6.07, 6.45) is 3.15. The molecule has 0 amide bonds. The maximum absolute atomic E-state index is 11.2. The normalized spacial score (nSPS) is 11.3. The fourth-order valence-corrected chi connectivity index (χ4v) is 3.34. The average Bonchev–Trinajstić information content (AvgIpc) is 2.88. The van der Waals surface area contributed by atoms with Crippen LogP contribution in [0.3, 0.4) is 0 Å². The second-order valence-corrected chi connectivity index (χ2v) is 6.43. The van der Waals surface area contributed by atoms with E-state index in [0.717, 1.165) is 21.3 Å². The molecule has 0 saturated carbocycles. The zero-order chi connectivity index (χ0) is 16.6.